The highest BCUT2D eigenvalue weighted by molar-refractivity contribution is 7.99. The minimum absolute atomic E-state index is 0. The number of hydrogen-bond acceptors (Lipinski definition) is 4. The molecule has 2 atom stereocenters. The molecule has 1 amide bonds. The molecule has 0 bridgehead atoms. The van der Waals surface area contributed by atoms with E-state index in [4.69, 9.17) is 0 Å². The Kier molecular flexibility index (Phi) is 7.60. The molecule has 2 saturated heterocycles. The normalized spacial score (nSPS) is 24.8. The number of nitrogens with zero attached hydrogens (tertiary/aromatic N) is 1. The number of halogens is 1. The number of carbonyl (C=O) groups excluding carboxylic acids is 1. The second-order valence-corrected chi connectivity index (χ2v) is 8.32. The fraction of sp³-hybridized carbons (Fsp3) is 0.588. The summed E-state index contributed by atoms with van der Waals surface area (Å²) < 4.78 is 0. The maximum absolute atomic E-state index is 12.8. The van der Waals surface area contributed by atoms with Gasteiger partial charge in [0.25, 0.3) is 0 Å². The maximum atomic E-state index is 12.8. The van der Waals surface area contributed by atoms with Crippen molar-refractivity contribution in [3.05, 3.63) is 35.4 Å². The van der Waals surface area contributed by atoms with Gasteiger partial charge in [0.1, 0.15) is 0 Å². The third-order valence-corrected chi connectivity index (χ3v) is 6.48. The fourth-order valence-electron chi connectivity index (χ4n) is 3.05. The van der Waals surface area contributed by atoms with E-state index in [9.17, 15) is 4.79 Å². The molecule has 1 N–H and O–H groups in total. The number of rotatable bonds is 3. The van der Waals surface area contributed by atoms with Gasteiger partial charge in [0, 0.05) is 48.6 Å². The van der Waals surface area contributed by atoms with Crippen LogP contribution in [0, 0.1) is 6.92 Å². The lowest BCUT2D eigenvalue weighted by Gasteiger charge is -2.37. The molecule has 1 aromatic carbocycles. The van der Waals surface area contributed by atoms with Crippen LogP contribution in [0.5, 0.6) is 0 Å². The van der Waals surface area contributed by atoms with Gasteiger partial charge in [0.2, 0.25) is 5.91 Å². The Balaban J connectivity index is 0.00000192. The van der Waals surface area contributed by atoms with Crippen molar-refractivity contribution in [3.63, 3.8) is 0 Å². The Labute approximate surface area is 153 Å². The first-order valence-electron chi connectivity index (χ1n) is 7.99. The molecule has 0 radical (unpaired) electrons. The molecular weight excluding hydrogens is 348 g/mol. The molecule has 0 saturated carbocycles. The quantitative estimate of drug-likeness (QED) is 0.883. The molecule has 0 aromatic heterocycles. The lowest BCUT2D eigenvalue weighted by molar-refractivity contribution is -0.133. The van der Waals surface area contributed by atoms with Crippen LogP contribution in [0.2, 0.25) is 0 Å². The lowest BCUT2D eigenvalue weighted by Crippen LogP contribution is -2.46. The SMILES string of the molecule is Cc1ccc(C2CSCCN2C(=O)CC2CSCCN2)cc1.Cl. The van der Waals surface area contributed by atoms with Crippen molar-refractivity contribution in [1.29, 1.82) is 0 Å². The van der Waals surface area contributed by atoms with E-state index in [1.54, 1.807) is 0 Å². The van der Waals surface area contributed by atoms with E-state index in [0.717, 1.165) is 36.1 Å². The predicted octanol–water partition coefficient (Wildman–Crippen LogP) is 3.13. The molecule has 128 valence electrons. The smallest absolute Gasteiger partial charge is 0.224 e. The fourth-order valence-corrected chi connectivity index (χ4v) is 5.08. The Morgan fingerprint density at radius 1 is 1.22 bits per heavy atom. The molecule has 2 aliphatic rings. The van der Waals surface area contributed by atoms with E-state index in [-0.39, 0.29) is 18.4 Å². The molecule has 2 fully saturated rings. The standard InChI is InChI=1S/C17H24N2OS2.ClH/c1-13-2-4-14(5-3-13)16-12-22-9-7-19(16)17(20)10-15-11-21-8-6-18-15;/h2-5,15-16,18H,6-12H2,1H3;1H. The van der Waals surface area contributed by atoms with Crippen LogP contribution in [0.3, 0.4) is 0 Å². The number of aryl methyl sites for hydroxylation is 1. The van der Waals surface area contributed by atoms with Gasteiger partial charge in [0.05, 0.1) is 6.04 Å². The highest BCUT2D eigenvalue weighted by Crippen LogP contribution is 2.30. The topological polar surface area (TPSA) is 32.3 Å². The van der Waals surface area contributed by atoms with Crippen LogP contribution in [-0.4, -0.2) is 52.9 Å². The first-order valence-corrected chi connectivity index (χ1v) is 10.3. The third-order valence-electron chi connectivity index (χ3n) is 4.33. The average Bonchev–Trinajstić information content (AvgIpc) is 2.56. The minimum Gasteiger partial charge on any atom is -0.334 e. The molecule has 0 spiro atoms. The van der Waals surface area contributed by atoms with E-state index in [1.165, 1.54) is 11.1 Å². The Bertz CT molecular complexity index is 506. The van der Waals surface area contributed by atoms with Crippen LogP contribution < -0.4 is 5.32 Å². The molecule has 0 aliphatic carbocycles. The maximum Gasteiger partial charge on any atom is 0.224 e. The van der Waals surface area contributed by atoms with Crippen molar-refractivity contribution in [2.45, 2.75) is 25.4 Å². The highest BCUT2D eigenvalue weighted by Gasteiger charge is 2.29. The van der Waals surface area contributed by atoms with E-state index in [0.29, 0.717) is 18.4 Å². The Hall–Kier alpha value is -0.360. The second-order valence-electron chi connectivity index (χ2n) is 6.02. The van der Waals surface area contributed by atoms with Crippen molar-refractivity contribution in [2.75, 3.05) is 36.1 Å². The van der Waals surface area contributed by atoms with Crippen molar-refractivity contribution in [1.82, 2.24) is 10.2 Å². The second kappa shape index (κ2) is 9.21. The summed E-state index contributed by atoms with van der Waals surface area (Å²) in [7, 11) is 0. The van der Waals surface area contributed by atoms with Gasteiger partial charge >= 0.3 is 0 Å². The molecule has 2 aliphatic heterocycles. The van der Waals surface area contributed by atoms with Crippen LogP contribution in [-0.2, 0) is 4.79 Å². The Morgan fingerprint density at radius 3 is 2.65 bits per heavy atom. The number of carbonyl (C=O) groups is 1. The third kappa shape index (κ3) is 5.05. The van der Waals surface area contributed by atoms with Gasteiger partial charge in [-0.15, -0.1) is 12.4 Å². The zero-order valence-corrected chi connectivity index (χ0v) is 15.9. The lowest BCUT2D eigenvalue weighted by atomic mass is 10.0. The molecule has 1 aromatic rings. The van der Waals surface area contributed by atoms with E-state index < -0.39 is 0 Å². The monoisotopic (exact) mass is 372 g/mol. The predicted molar refractivity (Wildman–Crippen MR) is 104 cm³/mol. The van der Waals surface area contributed by atoms with Crippen molar-refractivity contribution < 1.29 is 4.79 Å². The Morgan fingerprint density at radius 2 is 1.96 bits per heavy atom. The summed E-state index contributed by atoms with van der Waals surface area (Å²) in [5.74, 6) is 4.61. The largest absolute Gasteiger partial charge is 0.334 e. The van der Waals surface area contributed by atoms with Gasteiger partial charge < -0.3 is 10.2 Å². The first kappa shape index (κ1) is 19.0. The number of benzene rings is 1. The van der Waals surface area contributed by atoms with Gasteiger partial charge in [-0.3, -0.25) is 4.79 Å². The highest BCUT2D eigenvalue weighted by atomic mass is 35.5. The summed E-state index contributed by atoms with van der Waals surface area (Å²) in [5, 5.41) is 3.48. The summed E-state index contributed by atoms with van der Waals surface area (Å²) in [4.78, 5) is 14.9. The van der Waals surface area contributed by atoms with Crippen LogP contribution in [0.4, 0.5) is 0 Å². The average molecular weight is 373 g/mol. The number of amides is 1. The van der Waals surface area contributed by atoms with Gasteiger partial charge in [-0.2, -0.15) is 23.5 Å². The summed E-state index contributed by atoms with van der Waals surface area (Å²) in [5.41, 5.74) is 2.55. The molecule has 23 heavy (non-hydrogen) atoms. The summed E-state index contributed by atoms with van der Waals surface area (Å²) >= 11 is 3.91. The first-order chi connectivity index (χ1) is 10.7. The zero-order chi connectivity index (χ0) is 15.4. The summed E-state index contributed by atoms with van der Waals surface area (Å²) in [6, 6.07) is 9.25. The summed E-state index contributed by atoms with van der Waals surface area (Å²) in [6.45, 7) is 4.01. The molecule has 6 heteroatoms. The molecule has 3 rings (SSSR count). The molecule has 3 nitrogen and oxygen atoms in total. The van der Waals surface area contributed by atoms with E-state index >= 15 is 0 Å². The minimum atomic E-state index is 0. The van der Waals surface area contributed by atoms with Gasteiger partial charge in [-0.05, 0) is 12.5 Å². The van der Waals surface area contributed by atoms with Crippen molar-refractivity contribution >= 4 is 41.8 Å². The van der Waals surface area contributed by atoms with E-state index in [1.807, 2.05) is 23.5 Å². The number of thioether (sulfide) groups is 2. The molecule has 2 unspecified atom stereocenters. The summed E-state index contributed by atoms with van der Waals surface area (Å²) in [6.07, 6.45) is 0.639. The number of nitrogens with one attached hydrogen (secondary N) is 1. The molecule has 2 heterocycles. The van der Waals surface area contributed by atoms with E-state index in [2.05, 4.69) is 41.4 Å². The zero-order valence-electron chi connectivity index (χ0n) is 13.5. The van der Waals surface area contributed by atoms with Crippen LogP contribution in [0.1, 0.15) is 23.6 Å². The van der Waals surface area contributed by atoms with Crippen LogP contribution in [0.25, 0.3) is 0 Å². The molecular formula is C17H25ClN2OS2. The van der Waals surface area contributed by atoms with Gasteiger partial charge in [-0.1, -0.05) is 29.8 Å². The van der Waals surface area contributed by atoms with Gasteiger partial charge in [0.15, 0.2) is 0 Å². The van der Waals surface area contributed by atoms with Crippen LogP contribution >= 0.6 is 35.9 Å². The van der Waals surface area contributed by atoms with Crippen molar-refractivity contribution in [2.24, 2.45) is 0 Å². The van der Waals surface area contributed by atoms with Crippen LogP contribution in [0.15, 0.2) is 24.3 Å². The van der Waals surface area contributed by atoms with Gasteiger partial charge in [-0.25, -0.2) is 0 Å². The van der Waals surface area contributed by atoms with Crippen molar-refractivity contribution in [3.8, 4) is 0 Å². The number of hydrogen-bond donors (Lipinski definition) is 1.